The van der Waals surface area contributed by atoms with E-state index in [2.05, 4.69) is 14.8 Å². The quantitative estimate of drug-likeness (QED) is 0.411. The normalized spacial score (nSPS) is 10.4. The Kier molecular flexibility index (Phi) is 9.63. The van der Waals surface area contributed by atoms with E-state index in [1.54, 1.807) is 18.2 Å². The molecule has 2 aromatic rings. The van der Waals surface area contributed by atoms with Crippen molar-refractivity contribution in [2.24, 2.45) is 0 Å². The van der Waals surface area contributed by atoms with Crippen molar-refractivity contribution in [2.75, 3.05) is 39.9 Å². The van der Waals surface area contributed by atoms with E-state index in [1.165, 1.54) is 39.5 Å². The van der Waals surface area contributed by atoms with Crippen LogP contribution in [0.15, 0.2) is 42.5 Å². The molecule has 0 fully saturated rings. The predicted octanol–water partition coefficient (Wildman–Crippen LogP) is 2.86. The summed E-state index contributed by atoms with van der Waals surface area (Å²) in [5.41, 5.74) is 1.07. The van der Waals surface area contributed by atoms with Crippen molar-refractivity contribution in [1.29, 1.82) is 0 Å². The van der Waals surface area contributed by atoms with Gasteiger partial charge in [0, 0.05) is 5.69 Å². The predicted molar refractivity (Wildman–Crippen MR) is 122 cm³/mol. The molecule has 0 saturated carbocycles. The molecule has 2 rings (SSSR count). The Morgan fingerprint density at radius 2 is 1.50 bits per heavy atom. The van der Waals surface area contributed by atoms with E-state index in [4.69, 9.17) is 14.2 Å². The van der Waals surface area contributed by atoms with Gasteiger partial charge in [0.15, 0.2) is 24.7 Å². The highest BCUT2D eigenvalue weighted by atomic mass is 16.6. The van der Waals surface area contributed by atoms with Gasteiger partial charge >= 0.3 is 17.9 Å². The summed E-state index contributed by atoms with van der Waals surface area (Å²) in [6, 6.07) is 9.09. The summed E-state index contributed by atoms with van der Waals surface area (Å²) in [5.74, 6) is -2.12. The summed E-state index contributed by atoms with van der Waals surface area (Å²) in [4.78, 5) is 47.9. The summed E-state index contributed by atoms with van der Waals surface area (Å²) < 4.78 is 24.9. The van der Waals surface area contributed by atoms with E-state index in [9.17, 15) is 19.2 Å². The van der Waals surface area contributed by atoms with Gasteiger partial charge in [-0.05, 0) is 42.8 Å². The molecule has 0 bridgehead atoms. The summed E-state index contributed by atoms with van der Waals surface area (Å²) in [5, 5.41) is 2.45. The third-order valence-corrected chi connectivity index (χ3v) is 4.32. The highest BCUT2D eigenvalue weighted by Gasteiger charge is 2.16. The molecule has 0 unspecified atom stereocenters. The Bertz CT molecular complexity index is 1060. The lowest BCUT2D eigenvalue weighted by Crippen LogP contribution is -2.24. The van der Waals surface area contributed by atoms with Crippen LogP contribution in [0.3, 0.4) is 0 Å². The van der Waals surface area contributed by atoms with Gasteiger partial charge in [-0.2, -0.15) is 0 Å². The van der Waals surface area contributed by atoms with E-state index < -0.39 is 37.0 Å². The van der Waals surface area contributed by atoms with Crippen molar-refractivity contribution in [1.82, 2.24) is 0 Å². The zero-order chi connectivity index (χ0) is 25.1. The molecule has 0 aliphatic rings. The van der Waals surface area contributed by atoms with Crippen LogP contribution in [0.5, 0.6) is 11.5 Å². The zero-order valence-electron chi connectivity index (χ0n) is 19.2. The van der Waals surface area contributed by atoms with E-state index >= 15 is 0 Å². The van der Waals surface area contributed by atoms with Crippen molar-refractivity contribution in [2.45, 2.75) is 6.92 Å². The average Bonchev–Trinajstić information content (AvgIpc) is 2.85. The number of anilines is 1. The molecule has 2 aromatic carbocycles. The molecule has 1 N–H and O–H groups in total. The molecule has 0 radical (unpaired) electrons. The van der Waals surface area contributed by atoms with Crippen LogP contribution >= 0.6 is 0 Å². The van der Waals surface area contributed by atoms with Crippen LogP contribution in [0.25, 0.3) is 6.08 Å². The number of esters is 3. The first kappa shape index (κ1) is 25.9. The zero-order valence-corrected chi connectivity index (χ0v) is 19.2. The van der Waals surface area contributed by atoms with Gasteiger partial charge in [0.25, 0.3) is 5.91 Å². The van der Waals surface area contributed by atoms with E-state index in [1.807, 2.05) is 19.1 Å². The molecular weight excluding hydrogens is 446 g/mol. The molecule has 0 aliphatic heterocycles. The van der Waals surface area contributed by atoms with Crippen LogP contribution in [-0.2, 0) is 23.8 Å². The minimum Gasteiger partial charge on any atom is -0.493 e. The Balaban J connectivity index is 1.95. The number of hydrogen-bond acceptors (Lipinski definition) is 9. The molecule has 180 valence electrons. The van der Waals surface area contributed by atoms with Crippen molar-refractivity contribution in [3.63, 3.8) is 0 Å². The average molecular weight is 471 g/mol. The second-order valence-corrected chi connectivity index (χ2v) is 6.69. The van der Waals surface area contributed by atoms with Crippen molar-refractivity contribution in [3.05, 3.63) is 59.2 Å². The maximum absolute atomic E-state index is 12.2. The molecule has 34 heavy (non-hydrogen) atoms. The first-order valence-corrected chi connectivity index (χ1v) is 10.0. The first-order chi connectivity index (χ1) is 16.3. The topological polar surface area (TPSA) is 126 Å². The fraction of sp³-hybridized carbons (Fsp3) is 0.250. The van der Waals surface area contributed by atoms with Crippen LogP contribution in [0.1, 0.15) is 33.2 Å². The lowest BCUT2D eigenvalue weighted by molar-refractivity contribution is -0.149. The lowest BCUT2D eigenvalue weighted by atomic mass is 10.1. The lowest BCUT2D eigenvalue weighted by Gasteiger charge is -2.12. The van der Waals surface area contributed by atoms with E-state index in [0.717, 1.165) is 5.56 Å². The summed E-state index contributed by atoms with van der Waals surface area (Å²) in [6.07, 6.45) is 3.76. The van der Waals surface area contributed by atoms with Gasteiger partial charge < -0.3 is 29.0 Å². The molecule has 10 heteroatoms. The Hall–Kier alpha value is -4.34. The maximum Gasteiger partial charge on any atom is 0.344 e. The van der Waals surface area contributed by atoms with E-state index in [0.29, 0.717) is 11.5 Å². The van der Waals surface area contributed by atoms with Gasteiger partial charge in [0.2, 0.25) is 0 Å². The third-order valence-electron chi connectivity index (χ3n) is 4.32. The van der Waals surface area contributed by atoms with Gasteiger partial charge in [0.1, 0.15) is 0 Å². The van der Waals surface area contributed by atoms with E-state index in [-0.39, 0.29) is 16.8 Å². The van der Waals surface area contributed by atoms with Crippen LogP contribution in [0.2, 0.25) is 0 Å². The Labute approximate surface area is 196 Å². The molecule has 0 heterocycles. The fourth-order valence-corrected chi connectivity index (χ4v) is 2.79. The number of ether oxygens (including phenoxy) is 5. The van der Waals surface area contributed by atoms with Gasteiger partial charge in [-0.25, -0.2) is 14.4 Å². The van der Waals surface area contributed by atoms with Gasteiger partial charge in [-0.1, -0.05) is 18.2 Å². The number of allylic oxidation sites excluding steroid dienone is 1. The monoisotopic (exact) mass is 471 g/mol. The molecule has 1 amide bonds. The van der Waals surface area contributed by atoms with Crippen molar-refractivity contribution < 1.29 is 42.9 Å². The summed E-state index contributed by atoms with van der Waals surface area (Å²) in [7, 11) is 3.84. The Morgan fingerprint density at radius 1 is 0.853 bits per heavy atom. The fourth-order valence-electron chi connectivity index (χ4n) is 2.79. The van der Waals surface area contributed by atoms with Crippen LogP contribution < -0.4 is 14.8 Å². The molecule has 0 saturated heterocycles. The number of methoxy groups -OCH3 is 3. The minimum absolute atomic E-state index is 0.0282. The molecule has 0 atom stereocenters. The van der Waals surface area contributed by atoms with Gasteiger partial charge in [0.05, 0.1) is 32.5 Å². The minimum atomic E-state index is -0.784. The molecule has 0 aromatic heterocycles. The summed E-state index contributed by atoms with van der Waals surface area (Å²) >= 11 is 0. The first-order valence-electron chi connectivity index (χ1n) is 10.0. The standard InChI is InChI=1S/C24H25NO9/c1-5-6-15-7-8-19(20(9-15)30-2)33-14-22(27)34-13-21(26)25-18-11-16(23(28)31-3)10-17(12-18)24(29)32-4/h5-12H,13-14H2,1-4H3,(H,25,26)/b6-5+. The van der Waals surface area contributed by atoms with Gasteiger partial charge in [-0.3, -0.25) is 4.79 Å². The SMILES string of the molecule is C/C=C/c1ccc(OCC(=O)OCC(=O)Nc2cc(C(=O)OC)cc(C(=O)OC)c2)c(OC)c1. The number of carbonyl (C=O) groups excluding carboxylic acids is 4. The second-order valence-electron chi connectivity index (χ2n) is 6.69. The number of hydrogen-bond donors (Lipinski definition) is 1. The Morgan fingerprint density at radius 3 is 2.06 bits per heavy atom. The van der Waals surface area contributed by atoms with Crippen LogP contribution in [0, 0.1) is 0 Å². The smallest absolute Gasteiger partial charge is 0.344 e. The second kappa shape index (κ2) is 12.6. The number of carbonyl (C=O) groups is 4. The summed E-state index contributed by atoms with van der Waals surface area (Å²) in [6.45, 7) is 0.823. The molecule has 0 spiro atoms. The maximum atomic E-state index is 12.2. The number of amides is 1. The largest absolute Gasteiger partial charge is 0.493 e. The number of benzene rings is 2. The highest BCUT2D eigenvalue weighted by molar-refractivity contribution is 6.00. The van der Waals surface area contributed by atoms with Crippen molar-refractivity contribution in [3.8, 4) is 11.5 Å². The van der Waals surface area contributed by atoms with Crippen LogP contribution in [-0.4, -0.2) is 58.4 Å². The van der Waals surface area contributed by atoms with Crippen LogP contribution in [0.4, 0.5) is 5.69 Å². The molecule has 10 nitrogen and oxygen atoms in total. The third kappa shape index (κ3) is 7.37. The number of nitrogens with one attached hydrogen (secondary N) is 1. The highest BCUT2D eigenvalue weighted by Crippen LogP contribution is 2.28. The number of rotatable bonds is 10. The van der Waals surface area contributed by atoms with Crippen molar-refractivity contribution >= 4 is 35.6 Å². The van der Waals surface area contributed by atoms with Gasteiger partial charge in [-0.15, -0.1) is 0 Å². The molecule has 0 aliphatic carbocycles. The molecular formula is C24H25NO9.